The molecule has 9 nitrogen and oxygen atoms in total. The van der Waals surface area contributed by atoms with Crippen LogP contribution in [0.3, 0.4) is 0 Å². The number of likely N-dealkylation sites (N-methyl/N-ethyl adjacent to an activating group) is 1. The van der Waals surface area contributed by atoms with Gasteiger partial charge in [-0.25, -0.2) is 4.79 Å². The second kappa shape index (κ2) is 14.1. The monoisotopic (exact) mass is 543 g/mol. The Balaban J connectivity index is 1.58. The number of ether oxygens (including phenoxy) is 1. The van der Waals surface area contributed by atoms with Gasteiger partial charge in [0.25, 0.3) is 0 Å². The van der Waals surface area contributed by atoms with Crippen LogP contribution >= 0.6 is 0 Å². The van der Waals surface area contributed by atoms with Crippen LogP contribution in [0.2, 0.25) is 0 Å². The number of nitrogens with two attached hydrogens (primary N) is 1. The van der Waals surface area contributed by atoms with Crippen LogP contribution in [0.15, 0.2) is 24.3 Å². The third-order valence-electron chi connectivity index (χ3n) is 7.94. The number of rotatable bonds is 8. The Labute approximate surface area is 234 Å². The third-order valence-corrected chi connectivity index (χ3v) is 7.94. The Morgan fingerprint density at radius 1 is 1.00 bits per heavy atom. The lowest BCUT2D eigenvalue weighted by atomic mass is 9.91. The summed E-state index contributed by atoms with van der Waals surface area (Å²) < 4.78 is 5.45. The van der Waals surface area contributed by atoms with Crippen molar-refractivity contribution in [3.05, 3.63) is 35.4 Å². The Kier molecular flexibility index (Phi) is 11.2. The van der Waals surface area contributed by atoms with Crippen molar-refractivity contribution < 1.29 is 19.1 Å². The van der Waals surface area contributed by atoms with Crippen LogP contribution < -0.4 is 16.4 Å². The molecular formula is C30H49N5O4. The Hall–Kier alpha value is -2.65. The molecule has 39 heavy (non-hydrogen) atoms. The number of carbonyl (C=O) groups is 3. The van der Waals surface area contributed by atoms with Gasteiger partial charge in [0.2, 0.25) is 11.8 Å². The minimum absolute atomic E-state index is 0.00557. The van der Waals surface area contributed by atoms with Crippen molar-refractivity contribution in [2.45, 2.75) is 96.4 Å². The van der Waals surface area contributed by atoms with Gasteiger partial charge in [-0.3, -0.25) is 9.59 Å². The molecule has 1 saturated carbocycles. The van der Waals surface area contributed by atoms with Gasteiger partial charge in [0.1, 0.15) is 11.6 Å². The molecule has 3 atom stereocenters. The quantitative estimate of drug-likeness (QED) is 0.433. The molecule has 4 N–H and O–H groups in total. The molecule has 0 aromatic heterocycles. The second-order valence-corrected chi connectivity index (χ2v) is 12.3. The Morgan fingerprint density at radius 3 is 2.15 bits per heavy atom. The number of hydrogen-bond donors (Lipinski definition) is 3. The highest BCUT2D eigenvalue weighted by Gasteiger charge is 2.32. The molecule has 0 spiro atoms. The maximum absolute atomic E-state index is 13.3. The lowest BCUT2D eigenvalue weighted by Crippen LogP contribution is -2.53. The first-order valence-corrected chi connectivity index (χ1v) is 14.5. The summed E-state index contributed by atoms with van der Waals surface area (Å²) in [6.07, 6.45) is 5.70. The van der Waals surface area contributed by atoms with Crippen LogP contribution in [0.4, 0.5) is 4.79 Å². The summed E-state index contributed by atoms with van der Waals surface area (Å²) in [5, 5.41) is 5.88. The lowest BCUT2D eigenvalue weighted by Gasteiger charge is -2.35. The molecule has 1 heterocycles. The third kappa shape index (κ3) is 9.49. The number of hydrogen-bond acceptors (Lipinski definition) is 6. The van der Waals surface area contributed by atoms with Gasteiger partial charge in [-0.1, -0.05) is 56.9 Å². The summed E-state index contributed by atoms with van der Waals surface area (Å²) >= 11 is 0. The van der Waals surface area contributed by atoms with Crippen molar-refractivity contribution in [2.24, 2.45) is 11.7 Å². The molecule has 3 amide bonds. The van der Waals surface area contributed by atoms with Crippen molar-refractivity contribution in [2.75, 3.05) is 33.2 Å². The zero-order chi connectivity index (χ0) is 28.6. The van der Waals surface area contributed by atoms with E-state index in [4.69, 9.17) is 10.5 Å². The van der Waals surface area contributed by atoms with E-state index in [1.807, 2.05) is 56.9 Å². The number of nitrogens with one attached hydrogen (secondary N) is 2. The molecular weight excluding hydrogens is 494 g/mol. The molecule has 1 aromatic rings. The zero-order valence-corrected chi connectivity index (χ0v) is 24.5. The summed E-state index contributed by atoms with van der Waals surface area (Å²) in [6, 6.07) is 6.65. The van der Waals surface area contributed by atoms with Crippen molar-refractivity contribution in [3.8, 4) is 0 Å². The van der Waals surface area contributed by atoms with Gasteiger partial charge in [-0.05, 0) is 57.7 Å². The predicted octanol–water partition coefficient (Wildman–Crippen LogP) is 3.37. The molecule has 218 valence electrons. The van der Waals surface area contributed by atoms with E-state index < -0.39 is 23.8 Å². The van der Waals surface area contributed by atoms with Crippen LogP contribution in [-0.4, -0.2) is 78.6 Å². The number of benzene rings is 1. The molecule has 0 radical (unpaired) electrons. The van der Waals surface area contributed by atoms with Crippen LogP contribution in [0.1, 0.15) is 83.3 Å². The van der Waals surface area contributed by atoms with Gasteiger partial charge in [0.15, 0.2) is 0 Å². The van der Waals surface area contributed by atoms with E-state index in [2.05, 4.69) is 22.6 Å². The molecule has 3 rings (SSSR count). The van der Waals surface area contributed by atoms with Gasteiger partial charge in [-0.15, -0.1) is 0 Å². The van der Waals surface area contributed by atoms with Gasteiger partial charge in [0.05, 0.1) is 6.04 Å². The molecule has 0 bridgehead atoms. The standard InChI is InChI=1S/C30H49N5O4/c1-21(25(31)28(37)35-18-16-34(5)17-19-35)23-14-12-22(13-15-23)20-32-27(36)26(24-10-8-6-7-9-11-24)33-29(38)39-30(2,3)4/h12-15,21,24-26H,6-11,16-20,31H2,1-5H3,(H,32,36)(H,33,38)/t21-,25+,26?/m0/s1. The van der Waals surface area contributed by atoms with Crippen LogP contribution in [0.5, 0.6) is 0 Å². The molecule has 1 saturated heterocycles. The molecule has 1 aromatic carbocycles. The highest BCUT2D eigenvalue weighted by atomic mass is 16.6. The van der Waals surface area contributed by atoms with Crippen LogP contribution in [-0.2, 0) is 20.9 Å². The minimum atomic E-state index is -0.634. The number of nitrogens with zero attached hydrogens (tertiary/aromatic N) is 2. The predicted molar refractivity (Wildman–Crippen MR) is 153 cm³/mol. The van der Waals surface area contributed by atoms with E-state index >= 15 is 0 Å². The summed E-state index contributed by atoms with van der Waals surface area (Å²) in [5.74, 6) is -0.236. The first-order valence-electron chi connectivity index (χ1n) is 14.5. The fourth-order valence-corrected chi connectivity index (χ4v) is 5.37. The maximum Gasteiger partial charge on any atom is 0.408 e. The molecule has 2 fully saturated rings. The van der Waals surface area contributed by atoms with Gasteiger partial charge in [0, 0.05) is 38.6 Å². The van der Waals surface area contributed by atoms with Crippen molar-refractivity contribution in [1.29, 1.82) is 0 Å². The first-order chi connectivity index (χ1) is 18.4. The molecule has 9 heteroatoms. The summed E-state index contributed by atoms with van der Waals surface area (Å²) in [6.45, 7) is 10.9. The van der Waals surface area contributed by atoms with E-state index in [-0.39, 0.29) is 23.7 Å². The van der Waals surface area contributed by atoms with E-state index in [0.717, 1.165) is 62.7 Å². The Bertz CT molecular complexity index is 945. The normalized spacial score (nSPS) is 19.9. The van der Waals surface area contributed by atoms with Crippen molar-refractivity contribution in [1.82, 2.24) is 20.4 Å². The molecule has 1 unspecified atom stereocenters. The van der Waals surface area contributed by atoms with E-state index in [0.29, 0.717) is 19.6 Å². The number of piperazine rings is 1. The summed E-state index contributed by atoms with van der Waals surface area (Å²) in [5.41, 5.74) is 7.68. The first kappa shape index (κ1) is 30.9. The van der Waals surface area contributed by atoms with E-state index in [9.17, 15) is 14.4 Å². The largest absolute Gasteiger partial charge is 0.444 e. The smallest absolute Gasteiger partial charge is 0.408 e. The summed E-state index contributed by atoms with van der Waals surface area (Å²) in [4.78, 5) is 42.8. The van der Waals surface area contributed by atoms with Crippen LogP contribution in [0.25, 0.3) is 0 Å². The van der Waals surface area contributed by atoms with Gasteiger partial charge >= 0.3 is 6.09 Å². The average Bonchev–Trinajstić information content (AvgIpc) is 3.18. The SMILES string of the molecule is C[C@@H](c1ccc(CNC(=O)C(NC(=O)OC(C)(C)C)C2CCCCCC2)cc1)[C@@H](N)C(=O)N1CCN(C)CC1. The minimum Gasteiger partial charge on any atom is -0.444 e. The lowest BCUT2D eigenvalue weighted by molar-refractivity contribution is -0.134. The average molecular weight is 544 g/mol. The molecule has 2 aliphatic rings. The maximum atomic E-state index is 13.3. The molecule has 1 aliphatic carbocycles. The topological polar surface area (TPSA) is 117 Å². The summed E-state index contributed by atoms with van der Waals surface area (Å²) in [7, 11) is 2.06. The number of carbonyl (C=O) groups excluding carboxylic acids is 3. The Morgan fingerprint density at radius 2 is 1.59 bits per heavy atom. The fourth-order valence-electron chi connectivity index (χ4n) is 5.37. The fraction of sp³-hybridized carbons (Fsp3) is 0.700. The zero-order valence-electron chi connectivity index (χ0n) is 24.5. The van der Waals surface area contributed by atoms with E-state index in [1.165, 1.54) is 0 Å². The highest BCUT2D eigenvalue weighted by molar-refractivity contribution is 5.86. The number of alkyl carbamates (subject to hydrolysis) is 1. The van der Waals surface area contributed by atoms with Gasteiger partial charge in [-0.2, -0.15) is 0 Å². The van der Waals surface area contributed by atoms with Crippen LogP contribution in [0, 0.1) is 5.92 Å². The molecule has 1 aliphatic heterocycles. The highest BCUT2D eigenvalue weighted by Crippen LogP contribution is 2.26. The van der Waals surface area contributed by atoms with E-state index in [1.54, 1.807) is 0 Å². The van der Waals surface area contributed by atoms with Crippen molar-refractivity contribution in [3.63, 3.8) is 0 Å². The van der Waals surface area contributed by atoms with Crippen molar-refractivity contribution >= 4 is 17.9 Å². The second-order valence-electron chi connectivity index (χ2n) is 12.3. The number of amides is 3. The van der Waals surface area contributed by atoms with Gasteiger partial charge < -0.3 is 30.9 Å².